The summed E-state index contributed by atoms with van der Waals surface area (Å²) in [7, 11) is 0. The molecule has 1 saturated carbocycles. The molecule has 1 aromatic carbocycles. The van der Waals surface area contributed by atoms with Gasteiger partial charge in [0.15, 0.2) is 0 Å². The van der Waals surface area contributed by atoms with E-state index in [9.17, 15) is 14.7 Å². The largest absolute Gasteiger partial charge is 0.490 e. The van der Waals surface area contributed by atoms with Gasteiger partial charge in [0.25, 0.3) is 0 Å². The number of likely N-dealkylation sites (tertiary alicyclic amines) is 1. The van der Waals surface area contributed by atoms with E-state index in [4.69, 9.17) is 4.74 Å². The number of aliphatic hydroxyl groups excluding tert-OH is 1. The maximum atomic E-state index is 13.0. The van der Waals surface area contributed by atoms with Gasteiger partial charge in [-0.2, -0.15) is 0 Å². The molecule has 5 nitrogen and oxygen atoms in total. The highest BCUT2D eigenvalue weighted by Crippen LogP contribution is 2.60. The predicted octanol–water partition coefficient (Wildman–Crippen LogP) is 3.16. The Bertz CT molecular complexity index is 785. The molecule has 1 heterocycles. The van der Waals surface area contributed by atoms with Crippen LogP contribution in [0.3, 0.4) is 0 Å². The van der Waals surface area contributed by atoms with Gasteiger partial charge in [0.05, 0.1) is 12.0 Å². The number of ether oxygens (including phenoxy) is 1. The standard InChI is InChI=1S/C22H31NO4/c1-13-7-8-14(2)18(15(13)3)27-12-16(24)11-23-19(25)17-9-10-22(6,20(23)26)21(17,4)5/h7-8,16-17,24H,9-12H2,1-6H3/t16-,17-,22+/m1/s1. The Kier molecular flexibility index (Phi) is 4.87. The van der Waals surface area contributed by atoms with E-state index in [1.807, 2.05) is 53.7 Å². The van der Waals surface area contributed by atoms with Gasteiger partial charge in [0, 0.05) is 5.92 Å². The van der Waals surface area contributed by atoms with Crippen molar-refractivity contribution in [2.75, 3.05) is 13.2 Å². The third-order valence-electron chi connectivity index (χ3n) is 7.19. The van der Waals surface area contributed by atoms with Crippen LogP contribution in [0, 0.1) is 37.5 Å². The Morgan fingerprint density at radius 2 is 1.81 bits per heavy atom. The zero-order chi connectivity index (χ0) is 20.1. The van der Waals surface area contributed by atoms with E-state index in [0.29, 0.717) is 0 Å². The third-order valence-corrected chi connectivity index (χ3v) is 7.19. The van der Waals surface area contributed by atoms with E-state index in [-0.39, 0.29) is 36.3 Å². The Hall–Kier alpha value is -1.88. The zero-order valence-corrected chi connectivity index (χ0v) is 17.3. The van der Waals surface area contributed by atoms with E-state index >= 15 is 0 Å². The van der Waals surface area contributed by atoms with Crippen molar-refractivity contribution in [3.63, 3.8) is 0 Å². The van der Waals surface area contributed by atoms with Crippen molar-refractivity contribution in [3.05, 3.63) is 28.8 Å². The Morgan fingerprint density at radius 3 is 2.48 bits per heavy atom. The molecule has 1 N–H and O–H groups in total. The number of carbonyl (C=O) groups is 2. The number of imide groups is 1. The maximum Gasteiger partial charge on any atom is 0.235 e. The first-order valence-electron chi connectivity index (χ1n) is 9.74. The Morgan fingerprint density at radius 1 is 1.19 bits per heavy atom. The van der Waals surface area contributed by atoms with Crippen molar-refractivity contribution >= 4 is 11.8 Å². The molecule has 3 rings (SSSR count). The van der Waals surface area contributed by atoms with E-state index in [2.05, 4.69) is 0 Å². The highest BCUT2D eigenvalue weighted by molar-refractivity contribution is 6.03. The number of aliphatic hydroxyl groups is 1. The highest BCUT2D eigenvalue weighted by atomic mass is 16.5. The normalized spacial score (nSPS) is 27.8. The first-order chi connectivity index (χ1) is 12.5. The molecule has 0 radical (unpaired) electrons. The summed E-state index contributed by atoms with van der Waals surface area (Å²) in [6.07, 6.45) is 0.542. The van der Waals surface area contributed by atoms with Crippen molar-refractivity contribution < 1.29 is 19.4 Å². The zero-order valence-electron chi connectivity index (χ0n) is 17.3. The van der Waals surface area contributed by atoms with Crippen molar-refractivity contribution in [2.45, 2.75) is 60.5 Å². The fraction of sp³-hybridized carbons (Fsp3) is 0.636. The number of fused-ring (bicyclic) bond motifs is 2. The number of benzene rings is 1. The third kappa shape index (κ3) is 2.96. The average Bonchev–Trinajstić information content (AvgIpc) is 2.79. The smallest absolute Gasteiger partial charge is 0.235 e. The molecule has 2 fully saturated rings. The molecule has 1 saturated heterocycles. The minimum absolute atomic E-state index is 0.0102. The van der Waals surface area contributed by atoms with Crippen LogP contribution in [0.15, 0.2) is 12.1 Å². The minimum Gasteiger partial charge on any atom is -0.490 e. The summed E-state index contributed by atoms with van der Waals surface area (Å²) in [5.41, 5.74) is 2.28. The summed E-state index contributed by atoms with van der Waals surface area (Å²) in [5, 5.41) is 10.5. The number of β-amino-alcohol motifs (C(OH)–C–C–N with tert-alkyl or cyclic N) is 1. The molecular weight excluding hydrogens is 342 g/mol. The van der Waals surface area contributed by atoms with Gasteiger partial charge in [-0.25, -0.2) is 0 Å². The number of rotatable bonds is 5. The van der Waals surface area contributed by atoms with Gasteiger partial charge < -0.3 is 9.84 Å². The summed E-state index contributed by atoms with van der Waals surface area (Å²) in [5.74, 6) is 0.295. The summed E-state index contributed by atoms with van der Waals surface area (Å²) >= 11 is 0. The van der Waals surface area contributed by atoms with Crippen LogP contribution >= 0.6 is 0 Å². The second-order valence-electron chi connectivity index (χ2n) is 9.02. The van der Waals surface area contributed by atoms with Crippen LogP contribution in [0.5, 0.6) is 5.75 Å². The monoisotopic (exact) mass is 373 g/mol. The topological polar surface area (TPSA) is 66.8 Å². The van der Waals surface area contributed by atoms with Crippen molar-refractivity contribution in [1.82, 2.24) is 4.90 Å². The quantitative estimate of drug-likeness (QED) is 0.805. The lowest BCUT2D eigenvalue weighted by Crippen LogP contribution is -2.60. The SMILES string of the molecule is Cc1ccc(C)c(OC[C@H](O)CN2C(=O)[C@H]3CC[C@@](C)(C2=O)C3(C)C)c1C. The molecule has 27 heavy (non-hydrogen) atoms. The molecule has 148 valence electrons. The number of hydrogen-bond donors (Lipinski definition) is 1. The summed E-state index contributed by atoms with van der Waals surface area (Å²) in [4.78, 5) is 27.2. The number of amides is 2. The first-order valence-corrected chi connectivity index (χ1v) is 9.74. The van der Waals surface area contributed by atoms with Crippen LogP contribution in [0.2, 0.25) is 0 Å². The van der Waals surface area contributed by atoms with Crippen molar-refractivity contribution in [3.8, 4) is 5.75 Å². The van der Waals surface area contributed by atoms with Gasteiger partial charge in [0.2, 0.25) is 11.8 Å². The molecule has 2 aliphatic rings. The Labute approximate surface area is 161 Å². The summed E-state index contributed by atoms with van der Waals surface area (Å²) < 4.78 is 5.86. The molecule has 1 aromatic rings. The van der Waals surface area contributed by atoms with Crippen LogP contribution in [0.1, 0.15) is 50.3 Å². The molecule has 1 aliphatic heterocycles. The van der Waals surface area contributed by atoms with E-state index in [1.54, 1.807) is 0 Å². The van der Waals surface area contributed by atoms with Gasteiger partial charge in [-0.1, -0.05) is 32.9 Å². The second-order valence-corrected chi connectivity index (χ2v) is 9.02. The fourth-order valence-corrected chi connectivity index (χ4v) is 4.66. The summed E-state index contributed by atoms with van der Waals surface area (Å²) in [6.45, 7) is 12.0. The van der Waals surface area contributed by atoms with Crippen LogP contribution in [0.4, 0.5) is 0 Å². The summed E-state index contributed by atoms with van der Waals surface area (Å²) in [6, 6.07) is 4.03. The second kappa shape index (κ2) is 6.62. The van der Waals surface area contributed by atoms with Gasteiger partial charge >= 0.3 is 0 Å². The molecule has 2 amide bonds. The highest BCUT2D eigenvalue weighted by Gasteiger charge is 2.64. The molecular formula is C22H31NO4. The average molecular weight is 373 g/mol. The van der Waals surface area contributed by atoms with E-state index in [1.165, 1.54) is 4.90 Å². The lowest BCUT2D eigenvalue weighted by molar-refractivity contribution is -0.169. The maximum absolute atomic E-state index is 13.0. The molecule has 2 bridgehead atoms. The Balaban J connectivity index is 1.70. The molecule has 1 aliphatic carbocycles. The van der Waals surface area contributed by atoms with Crippen LogP contribution in [-0.2, 0) is 9.59 Å². The number of piperidine rings is 1. The minimum atomic E-state index is -0.915. The van der Waals surface area contributed by atoms with E-state index < -0.39 is 11.5 Å². The number of hydrogen-bond acceptors (Lipinski definition) is 4. The van der Waals surface area contributed by atoms with Crippen molar-refractivity contribution in [2.24, 2.45) is 16.7 Å². The van der Waals surface area contributed by atoms with E-state index in [0.717, 1.165) is 35.3 Å². The lowest BCUT2D eigenvalue weighted by Gasteiger charge is -2.48. The first kappa shape index (κ1) is 19.9. The molecule has 5 heteroatoms. The predicted molar refractivity (Wildman–Crippen MR) is 103 cm³/mol. The van der Waals surface area contributed by atoms with Gasteiger partial charge in [-0.15, -0.1) is 0 Å². The van der Waals surface area contributed by atoms with Gasteiger partial charge in [0.1, 0.15) is 18.5 Å². The van der Waals surface area contributed by atoms with Gasteiger partial charge in [-0.05, 0) is 55.7 Å². The van der Waals surface area contributed by atoms with Crippen LogP contribution in [-0.4, -0.2) is 41.1 Å². The van der Waals surface area contributed by atoms with Crippen LogP contribution in [0.25, 0.3) is 0 Å². The molecule has 3 atom stereocenters. The van der Waals surface area contributed by atoms with Gasteiger partial charge in [-0.3, -0.25) is 14.5 Å². The molecule has 0 unspecified atom stereocenters. The molecule has 0 aromatic heterocycles. The fourth-order valence-electron chi connectivity index (χ4n) is 4.66. The molecule has 0 spiro atoms. The lowest BCUT2D eigenvalue weighted by atomic mass is 9.62. The number of carbonyl (C=O) groups excluding carboxylic acids is 2. The van der Waals surface area contributed by atoms with Crippen molar-refractivity contribution in [1.29, 1.82) is 0 Å². The number of nitrogens with zero attached hydrogens (tertiary/aromatic N) is 1. The van der Waals surface area contributed by atoms with Crippen LogP contribution < -0.4 is 4.74 Å². The number of aryl methyl sites for hydroxylation is 2.